The second kappa shape index (κ2) is 6.19. The van der Waals surface area contributed by atoms with Crippen molar-refractivity contribution < 1.29 is 4.39 Å². The molecular weight excluding hydrogens is 327 g/mol. The average molecular weight is 346 g/mol. The second-order valence-corrected chi connectivity index (χ2v) is 7.50. The van der Waals surface area contributed by atoms with Gasteiger partial charge >= 0.3 is 0 Å². The van der Waals surface area contributed by atoms with E-state index in [0.717, 1.165) is 18.7 Å². The predicted octanol–water partition coefficient (Wildman–Crippen LogP) is 2.95. The number of halogens is 1. The third kappa shape index (κ3) is 2.81. The lowest BCUT2D eigenvalue weighted by atomic mass is 10.00. The van der Waals surface area contributed by atoms with E-state index >= 15 is 0 Å². The molecule has 3 aromatic rings. The fourth-order valence-electron chi connectivity index (χ4n) is 3.11. The summed E-state index contributed by atoms with van der Waals surface area (Å²) < 4.78 is 15.7. The maximum atomic E-state index is 14.0. The van der Waals surface area contributed by atoms with E-state index in [2.05, 4.69) is 40.0 Å². The van der Waals surface area contributed by atoms with Crippen LogP contribution in [0.2, 0.25) is 0 Å². The third-order valence-electron chi connectivity index (χ3n) is 4.17. The van der Waals surface area contributed by atoms with Crippen LogP contribution in [0.15, 0.2) is 24.3 Å². The van der Waals surface area contributed by atoms with E-state index in [9.17, 15) is 4.39 Å². The van der Waals surface area contributed by atoms with Crippen molar-refractivity contribution in [1.82, 2.24) is 30.7 Å². The first-order valence-electron chi connectivity index (χ1n) is 8.10. The molecule has 1 aliphatic heterocycles. The lowest BCUT2D eigenvalue weighted by molar-refractivity contribution is 0.446. The number of benzene rings is 1. The highest BCUT2D eigenvalue weighted by atomic mass is 32.1. The summed E-state index contributed by atoms with van der Waals surface area (Å²) in [6.45, 7) is 4.43. The first-order valence-corrected chi connectivity index (χ1v) is 8.91. The molecule has 0 amide bonds. The van der Waals surface area contributed by atoms with Crippen LogP contribution >= 0.6 is 11.3 Å². The standard InChI is InChI=1S/C16H19FN6S/c1-9(2)7-10-8-13(19-18-10)14-20-21-16-23(14)22-15(24-16)11-5-3-4-6-12(11)17/h3-6,9-10,13,18-19H,7-8H2,1-2H3. The van der Waals surface area contributed by atoms with Gasteiger partial charge in [-0.05, 0) is 30.9 Å². The molecule has 0 bridgehead atoms. The normalized spacial score (nSPS) is 21.2. The van der Waals surface area contributed by atoms with Crippen LogP contribution in [0, 0.1) is 11.7 Å². The van der Waals surface area contributed by atoms with Gasteiger partial charge in [0.25, 0.3) is 0 Å². The number of rotatable bonds is 4. The van der Waals surface area contributed by atoms with E-state index in [1.807, 2.05) is 0 Å². The number of aromatic nitrogens is 4. The van der Waals surface area contributed by atoms with Crippen molar-refractivity contribution in [2.45, 2.75) is 38.8 Å². The molecule has 0 radical (unpaired) electrons. The van der Waals surface area contributed by atoms with Crippen LogP contribution in [0.4, 0.5) is 4.39 Å². The molecule has 1 saturated heterocycles. The number of nitrogens with zero attached hydrogens (tertiary/aromatic N) is 4. The van der Waals surface area contributed by atoms with Crippen LogP contribution in [0.3, 0.4) is 0 Å². The quantitative estimate of drug-likeness (QED) is 0.760. The smallest absolute Gasteiger partial charge is 0.235 e. The van der Waals surface area contributed by atoms with Crippen LogP contribution < -0.4 is 10.9 Å². The van der Waals surface area contributed by atoms with Gasteiger partial charge in [-0.25, -0.2) is 9.82 Å². The summed E-state index contributed by atoms with van der Waals surface area (Å²) in [4.78, 5) is 0.678. The molecule has 8 heteroatoms. The van der Waals surface area contributed by atoms with Crippen LogP contribution in [-0.4, -0.2) is 25.9 Å². The molecular formula is C16H19FN6S. The Morgan fingerprint density at radius 3 is 2.92 bits per heavy atom. The molecule has 126 valence electrons. The Bertz CT molecular complexity index is 857. The minimum absolute atomic E-state index is 0.0549. The zero-order valence-electron chi connectivity index (χ0n) is 13.5. The molecule has 2 aromatic heterocycles. The van der Waals surface area contributed by atoms with Crippen molar-refractivity contribution in [3.8, 4) is 10.6 Å². The van der Waals surface area contributed by atoms with Crippen LogP contribution in [0.5, 0.6) is 0 Å². The largest absolute Gasteiger partial charge is 0.254 e. The van der Waals surface area contributed by atoms with Crippen LogP contribution in [0.1, 0.15) is 38.6 Å². The molecule has 2 N–H and O–H groups in total. The molecule has 3 heterocycles. The first-order chi connectivity index (χ1) is 11.6. The Morgan fingerprint density at radius 1 is 1.29 bits per heavy atom. The highest BCUT2D eigenvalue weighted by molar-refractivity contribution is 7.19. The van der Waals surface area contributed by atoms with Gasteiger partial charge in [-0.1, -0.05) is 37.3 Å². The zero-order chi connectivity index (χ0) is 16.7. The second-order valence-electron chi connectivity index (χ2n) is 6.54. The third-order valence-corrected chi connectivity index (χ3v) is 5.10. The van der Waals surface area contributed by atoms with Crippen molar-refractivity contribution in [3.05, 3.63) is 35.9 Å². The van der Waals surface area contributed by atoms with E-state index in [-0.39, 0.29) is 11.9 Å². The van der Waals surface area contributed by atoms with E-state index in [0.29, 0.717) is 27.5 Å². The zero-order valence-corrected chi connectivity index (χ0v) is 14.3. The molecule has 2 unspecified atom stereocenters. The van der Waals surface area contributed by atoms with Gasteiger partial charge in [0.15, 0.2) is 10.8 Å². The topological polar surface area (TPSA) is 67.1 Å². The van der Waals surface area contributed by atoms with Gasteiger partial charge < -0.3 is 0 Å². The summed E-state index contributed by atoms with van der Waals surface area (Å²) >= 11 is 1.35. The highest BCUT2D eigenvalue weighted by Crippen LogP contribution is 2.30. The Labute approximate surface area is 143 Å². The van der Waals surface area contributed by atoms with Gasteiger partial charge in [0.2, 0.25) is 4.96 Å². The van der Waals surface area contributed by atoms with Crippen molar-refractivity contribution >= 4 is 16.3 Å². The number of hydrogen-bond acceptors (Lipinski definition) is 6. The molecule has 0 saturated carbocycles. The Balaban J connectivity index is 1.63. The molecule has 24 heavy (non-hydrogen) atoms. The number of fused-ring (bicyclic) bond motifs is 1. The Morgan fingerprint density at radius 2 is 2.12 bits per heavy atom. The van der Waals surface area contributed by atoms with E-state index in [1.54, 1.807) is 22.7 Å². The van der Waals surface area contributed by atoms with Gasteiger partial charge in [-0.3, -0.25) is 5.43 Å². The van der Waals surface area contributed by atoms with Crippen LogP contribution in [0.25, 0.3) is 15.5 Å². The van der Waals surface area contributed by atoms with E-state index in [4.69, 9.17) is 0 Å². The predicted molar refractivity (Wildman–Crippen MR) is 90.9 cm³/mol. The summed E-state index contributed by atoms with van der Waals surface area (Å²) in [5.41, 5.74) is 7.10. The SMILES string of the molecule is CC(C)CC1CC(c2nnc3sc(-c4ccccc4F)nn23)NN1. The average Bonchev–Trinajstić information content (AvgIpc) is 3.22. The number of hydrogen-bond donors (Lipinski definition) is 2. The van der Waals surface area contributed by atoms with E-state index < -0.39 is 0 Å². The Kier molecular flexibility index (Phi) is 4.03. The van der Waals surface area contributed by atoms with Gasteiger partial charge in [0.05, 0.1) is 6.04 Å². The fraction of sp³-hybridized carbons (Fsp3) is 0.438. The van der Waals surface area contributed by atoms with Gasteiger partial charge in [0.1, 0.15) is 5.82 Å². The lowest BCUT2D eigenvalue weighted by Gasteiger charge is -2.11. The fourth-order valence-corrected chi connectivity index (χ4v) is 3.98. The molecule has 6 nitrogen and oxygen atoms in total. The molecule has 1 aliphatic rings. The molecule has 0 aliphatic carbocycles. The summed E-state index contributed by atoms with van der Waals surface area (Å²) in [5, 5.41) is 13.6. The van der Waals surface area contributed by atoms with Crippen molar-refractivity contribution in [2.24, 2.45) is 5.92 Å². The maximum absolute atomic E-state index is 14.0. The van der Waals surface area contributed by atoms with Gasteiger partial charge in [-0.15, -0.1) is 10.2 Å². The van der Waals surface area contributed by atoms with Gasteiger partial charge in [-0.2, -0.15) is 9.61 Å². The molecule has 1 fully saturated rings. The number of hydrazine groups is 1. The molecule has 0 spiro atoms. The van der Waals surface area contributed by atoms with Crippen molar-refractivity contribution in [1.29, 1.82) is 0 Å². The molecule has 1 aromatic carbocycles. The van der Waals surface area contributed by atoms with Gasteiger partial charge in [0, 0.05) is 11.6 Å². The van der Waals surface area contributed by atoms with E-state index in [1.165, 1.54) is 17.4 Å². The minimum Gasteiger partial charge on any atom is -0.254 e. The first kappa shape index (κ1) is 15.6. The minimum atomic E-state index is -0.276. The monoisotopic (exact) mass is 346 g/mol. The van der Waals surface area contributed by atoms with Crippen molar-refractivity contribution in [2.75, 3.05) is 0 Å². The molecule has 4 rings (SSSR count). The van der Waals surface area contributed by atoms with Crippen LogP contribution in [-0.2, 0) is 0 Å². The lowest BCUT2D eigenvalue weighted by Crippen LogP contribution is -2.32. The summed E-state index contributed by atoms with van der Waals surface area (Å²) in [6.07, 6.45) is 2.04. The summed E-state index contributed by atoms with van der Waals surface area (Å²) in [7, 11) is 0. The summed E-state index contributed by atoms with van der Waals surface area (Å²) in [6, 6.07) is 7.12. The number of nitrogens with one attached hydrogen (secondary N) is 2. The summed E-state index contributed by atoms with van der Waals surface area (Å²) in [5.74, 6) is 1.12. The van der Waals surface area contributed by atoms with Crippen molar-refractivity contribution in [3.63, 3.8) is 0 Å². The maximum Gasteiger partial charge on any atom is 0.235 e. The Hall–Kier alpha value is -1.90. The highest BCUT2D eigenvalue weighted by Gasteiger charge is 2.30. The molecule has 2 atom stereocenters.